The lowest BCUT2D eigenvalue weighted by molar-refractivity contribution is -0.108. The van der Waals surface area contributed by atoms with Gasteiger partial charge in [-0.1, -0.05) is 5.16 Å². The van der Waals surface area contributed by atoms with E-state index in [1.165, 1.54) is 6.08 Å². The second-order valence-electron chi connectivity index (χ2n) is 4.31. The molecular weight excluding hydrogens is 305 g/mol. The van der Waals surface area contributed by atoms with E-state index < -0.39 is 13.9 Å². The van der Waals surface area contributed by atoms with Gasteiger partial charge in [-0.25, -0.2) is 4.57 Å². The molecule has 1 saturated heterocycles. The van der Waals surface area contributed by atoms with Crippen molar-refractivity contribution < 1.29 is 33.6 Å². The minimum atomic E-state index is -4.49. The molecule has 10 nitrogen and oxygen atoms in total. The van der Waals surface area contributed by atoms with E-state index in [0.717, 1.165) is 0 Å². The summed E-state index contributed by atoms with van der Waals surface area (Å²) in [6, 6.07) is 0. The maximum Gasteiger partial charge on any atom is 0.469 e. The Morgan fingerprint density at radius 1 is 1.57 bits per heavy atom. The van der Waals surface area contributed by atoms with Gasteiger partial charge in [0.1, 0.15) is 6.23 Å². The number of hydrogen-bond acceptors (Lipinski definition) is 7. The fourth-order valence-corrected chi connectivity index (χ4v) is 2.10. The number of nitrogens with one attached hydrogen (secondary N) is 1. The quantitative estimate of drug-likeness (QED) is 0.124. The molecule has 1 rings (SSSR count). The molecule has 1 aliphatic rings. The van der Waals surface area contributed by atoms with Crippen LogP contribution in [0.2, 0.25) is 0 Å². The van der Waals surface area contributed by atoms with Crippen LogP contribution in [0, 0.1) is 0 Å². The summed E-state index contributed by atoms with van der Waals surface area (Å²) in [7, 11) is -2.78. The minimum Gasteiger partial charge on any atom is -0.409 e. The van der Waals surface area contributed by atoms with Crippen molar-refractivity contribution in [2.24, 2.45) is 5.16 Å². The Hall–Kier alpha value is -1.45. The largest absolute Gasteiger partial charge is 0.469 e. The van der Waals surface area contributed by atoms with Crippen LogP contribution in [0.4, 0.5) is 0 Å². The van der Waals surface area contributed by atoms with Gasteiger partial charge in [0.15, 0.2) is 5.84 Å². The van der Waals surface area contributed by atoms with Gasteiger partial charge >= 0.3 is 7.82 Å². The number of ether oxygens (including phenoxy) is 1. The van der Waals surface area contributed by atoms with E-state index in [-0.39, 0.29) is 18.7 Å². The summed E-state index contributed by atoms with van der Waals surface area (Å²) in [5.41, 5.74) is 0. The normalized spacial score (nSPS) is 23.5. The third kappa shape index (κ3) is 6.69. The second kappa shape index (κ2) is 8.11. The van der Waals surface area contributed by atoms with Crippen LogP contribution < -0.4 is 5.32 Å². The molecule has 4 N–H and O–H groups in total. The average Bonchev–Trinajstić information content (AvgIpc) is 2.89. The lowest BCUT2D eigenvalue weighted by Gasteiger charge is -2.23. The number of phosphoric acid groups is 1. The van der Waals surface area contributed by atoms with Gasteiger partial charge in [0.05, 0.1) is 12.7 Å². The molecular formula is C10H18N3O7P. The Labute approximate surface area is 121 Å². The van der Waals surface area contributed by atoms with Crippen LogP contribution in [0.5, 0.6) is 0 Å². The second-order valence-corrected chi connectivity index (χ2v) is 5.54. The van der Waals surface area contributed by atoms with Gasteiger partial charge in [-0.05, 0) is 12.8 Å². The number of rotatable bonds is 7. The summed E-state index contributed by atoms with van der Waals surface area (Å²) in [6.45, 7) is -0.186. The van der Waals surface area contributed by atoms with Gasteiger partial charge in [-0.15, -0.1) is 0 Å². The molecule has 120 valence electrons. The Bertz CT molecular complexity index is 450. The molecule has 0 saturated carbocycles. The molecule has 0 aromatic carbocycles. The topological polar surface area (TPSA) is 141 Å². The first kappa shape index (κ1) is 17.6. The molecule has 2 unspecified atom stereocenters. The summed E-state index contributed by atoms with van der Waals surface area (Å²) in [6.07, 6.45) is 3.82. The summed E-state index contributed by atoms with van der Waals surface area (Å²) < 4.78 is 20.5. The van der Waals surface area contributed by atoms with E-state index in [1.54, 1.807) is 18.1 Å². The third-order valence-corrected chi connectivity index (χ3v) is 3.24. The lowest BCUT2D eigenvalue weighted by atomic mass is 10.2. The first-order chi connectivity index (χ1) is 9.85. The number of amidine groups is 1. The number of hydrogen-bond donors (Lipinski definition) is 4. The molecule has 0 radical (unpaired) electrons. The molecule has 1 amide bonds. The molecule has 1 fully saturated rings. The van der Waals surface area contributed by atoms with Gasteiger partial charge in [0.2, 0.25) is 6.41 Å². The zero-order valence-corrected chi connectivity index (χ0v) is 12.2. The SMILES string of the molecule is CN(/C=C\C(=N\O)NC=O)C1CCC(COP(=O)(O)O)O1. The molecule has 11 heteroatoms. The standard InChI is InChI=1S/C10H18N3O7P/c1-13(5-4-9(12-15)11-7-14)10-3-2-8(20-10)6-19-21(16,17)18/h4-5,7-8,10,15H,2-3,6H2,1H3,(H,11,12,14)(H2,16,17,18)/b5-4-. The predicted molar refractivity (Wildman–Crippen MR) is 71.2 cm³/mol. The summed E-state index contributed by atoms with van der Waals surface area (Å²) in [5, 5.41) is 13.6. The highest BCUT2D eigenvalue weighted by atomic mass is 31.2. The van der Waals surface area contributed by atoms with Crippen molar-refractivity contribution >= 4 is 20.1 Å². The monoisotopic (exact) mass is 323 g/mol. The van der Waals surface area contributed by atoms with E-state index in [9.17, 15) is 9.36 Å². The van der Waals surface area contributed by atoms with Crippen LogP contribution in [0.15, 0.2) is 17.4 Å². The fourth-order valence-electron chi connectivity index (χ4n) is 1.74. The molecule has 1 aliphatic heterocycles. The van der Waals surface area contributed by atoms with Crippen LogP contribution in [0.25, 0.3) is 0 Å². The first-order valence-corrected chi connectivity index (χ1v) is 7.56. The van der Waals surface area contributed by atoms with Crippen molar-refractivity contribution in [1.82, 2.24) is 10.2 Å². The van der Waals surface area contributed by atoms with E-state index in [2.05, 4.69) is 15.0 Å². The molecule has 0 spiro atoms. The van der Waals surface area contributed by atoms with Crippen LogP contribution in [0.1, 0.15) is 12.8 Å². The zero-order valence-electron chi connectivity index (χ0n) is 11.3. The van der Waals surface area contributed by atoms with Crippen molar-refractivity contribution in [3.8, 4) is 0 Å². The highest BCUT2D eigenvalue weighted by Gasteiger charge is 2.29. The van der Waals surface area contributed by atoms with Crippen LogP contribution in [0.3, 0.4) is 0 Å². The van der Waals surface area contributed by atoms with Crippen molar-refractivity contribution in [1.29, 1.82) is 0 Å². The van der Waals surface area contributed by atoms with Crippen molar-refractivity contribution in [3.63, 3.8) is 0 Å². The van der Waals surface area contributed by atoms with Crippen molar-refractivity contribution in [2.75, 3.05) is 13.7 Å². The maximum atomic E-state index is 10.6. The molecule has 2 atom stereocenters. The summed E-state index contributed by atoms with van der Waals surface area (Å²) in [5.74, 6) is -0.0313. The smallest absolute Gasteiger partial charge is 0.409 e. The number of oxime groups is 1. The Morgan fingerprint density at radius 2 is 2.29 bits per heavy atom. The average molecular weight is 323 g/mol. The highest BCUT2D eigenvalue weighted by molar-refractivity contribution is 7.46. The minimum absolute atomic E-state index is 0.0313. The number of carbonyl (C=O) groups excluding carboxylic acids is 1. The van der Waals surface area contributed by atoms with Gasteiger partial charge < -0.3 is 29.9 Å². The third-order valence-electron chi connectivity index (χ3n) is 2.75. The highest BCUT2D eigenvalue weighted by Crippen LogP contribution is 2.37. The number of carbonyl (C=O) groups is 1. The maximum absolute atomic E-state index is 10.6. The first-order valence-electron chi connectivity index (χ1n) is 6.03. The summed E-state index contributed by atoms with van der Waals surface area (Å²) >= 11 is 0. The zero-order chi connectivity index (χ0) is 15.9. The van der Waals surface area contributed by atoms with Gasteiger partial charge in [0, 0.05) is 19.3 Å². The molecule has 0 bridgehead atoms. The molecule has 21 heavy (non-hydrogen) atoms. The Kier molecular flexibility index (Phi) is 6.79. The Balaban J connectivity index is 2.43. The molecule has 0 aromatic heterocycles. The summed E-state index contributed by atoms with van der Waals surface area (Å²) in [4.78, 5) is 29.1. The van der Waals surface area contributed by atoms with Crippen LogP contribution >= 0.6 is 7.82 Å². The van der Waals surface area contributed by atoms with Gasteiger partial charge in [-0.2, -0.15) is 0 Å². The van der Waals surface area contributed by atoms with E-state index >= 15 is 0 Å². The lowest BCUT2D eigenvalue weighted by Crippen LogP contribution is -2.29. The Morgan fingerprint density at radius 3 is 2.86 bits per heavy atom. The van der Waals surface area contributed by atoms with Gasteiger partial charge in [-0.3, -0.25) is 9.32 Å². The van der Waals surface area contributed by atoms with E-state index in [4.69, 9.17) is 19.7 Å². The van der Waals surface area contributed by atoms with Crippen LogP contribution in [-0.2, 0) is 18.6 Å². The van der Waals surface area contributed by atoms with Crippen molar-refractivity contribution in [3.05, 3.63) is 12.3 Å². The number of amides is 1. The molecule has 0 aromatic rings. The van der Waals surface area contributed by atoms with E-state index in [1.807, 2.05) is 0 Å². The molecule has 1 heterocycles. The number of nitrogens with zero attached hydrogens (tertiary/aromatic N) is 2. The van der Waals surface area contributed by atoms with Crippen molar-refractivity contribution in [2.45, 2.75) is 25.2 Å². The fraction of sp³-hybridized carbons (Fsp3) is 0.600. The van der Waals surface area contributed by atoms with Gasteiger partial charge in [0.25, 0.3) is 0 Å². The van der Waals surface area contributed by atoms with Crippen LogP contribution in [-0.4, -0.2) is 58.1 Å². The predicted octanol–water partition coefficient (Wildman–Crippen LogP) is -0.420. The molecule has 0 aliphatic carbocycles. The van der Waals surface area contributed by atoms with E-state index in [0.29, 0.717) is 19.3 Å². The number of phosphoric ester groups is 1.